The molecule has 0 radical (unpaired) electrons. The molecule has 4 nitrogen and oxygen atoms in total. The van der Waals surface area contributed by atoms with Gasteiger partial charge in [0.1, 0.15) is 0 Å². The zero-order valence-corrected chi connectivity index (χ0v) is 8.26. The molecule has 1 aliphatic heterocycles. The lowest BCUT2D eigenvalue weighted by Gasteiger charge is -2.26. The molecule has 0 aromatic carbocycles. The van der Waals surface area contributed by atoms with Gasteiger partial charge >= 0.3 is 5.97 Å². The summed E-state index contributed by atoms with van der Waals surface area (Å²) in [5.41, 5.74) is -0.366. The van der Waals surface area contributed by atoms with Crippen molar-refractivity contribution in [2.75, 3.05) is 13.7 Å². The fourth-order valence-electron chi connectivity index (χ4n) is 1.20. The molecule has 7 heteroatoms. The number of hydrazine groups is 1. The third-order valence-electron chi connectivity index (χ3n) is 1.98. The molecule has 0 bridgehead atoms. The summed E-state index contributed by atoms with van der Waals surface area (Å²) in [6.45, 7) is 1.43. The van der Waals surface area contributed by atoms with E-state index in [4.69, 9.17) is 0 Å². The summed E-state index contributed by atoms with van der Waals surface area (Å²) >= 11 is 0. The van der Waals surface area contributed by atoms with Gasteiger partial charge in [-0.3, -0.25) is 5.01 Å². The first kappa shape index (κ1) is 11.8. The molecule has 86 valence electrons. The van der Waals surface area contributed by atoms with E-state index in [-0.39, 0.29) is 6.61 Å². The summed E-state index contributed by atoms with van der Waals surface area (Å²) in [6, 6.07) is 0. The van der Waals surface area contributed by atoms with E-state index in [0.717, 1.165) is 0 Å². The average molecular weight is 224 g/mol. The fraction of sp³-hybridized carbons (Fsp3) is 0.625. The van der Waals surface area contributed by atoms with E-state index in [0.29, 0.717) is 11.1 Å². The van der Waals surface area contributed by atoms with Crippen molar-refractivity contribution in [1.82, 2.24) is 10.4 Å². The number of hydrogen-bond donors (Lipinski definition) is 1. The molecule has 15 heavy (non-hydrogen) atoms. The third kappa shape index (κ3) is 1.92. The second kappa shape index (κ2) is 4.09. The highest BCUT2D eigenvalue weighted by Crippen LogP contribution is 2.28. The number of nitrogens with zero attached hydrogens (tertiary/aromatic N) is 1. The summed E-state index contributed by atoms with van der Waals surface area (Å²) in [5, 5.41) is 0.711. The first-order valence-corrected chi connectivity index (χ1v) is 4.29. The summed E-state index contributed by atoms with van der Waals surface area (Å²) in [4.78, 5) is 11.3. The number of halogens is 3. The SMILES string of the molecule is CCOC(=O)C1(C(F)F)C=C(F)N(C)N1. The van der Waals surface area contributed by atoms with Crippen molar-refractivity contribution in [3.63, 3.8) is 0 Å². The molecule has 1 aliphatic rings. The summed E-state index contributed by atoms with van der Waals surface area (Å²) in [5.74, 6) is -2.14. The molecule has 0 aromatic heterocycles. The minimum absolute atomic E-state index is 0.0475. The number of esters is 1. The number of ether oxygens (including phenoxy) is 1. The number of rotatable bonds is 3. The highest BCUT2D eigenvalue weighted by atomic mass is 19.3. The van der Waals surface area contributed by atoms with Gasteiger partial charge in [0.25, 0.3) is 6.43 Å². The Morgan fingerprint density at radius 2 is 2.33 bits per heavy atom. The first-order valence-electron chi connectivity index (χ1n) is 4.29. The summed E-state index contributed by atoms with van der Waals surface area (Å²) in [6.07, 6.45) is -2.57. The first-order chi connectivity index (χ1) is 6.94. The third-order valence-corrected chi connectivity index (χ3v) is 1.98. The molecular weight excluding hydrogens is 213 g/mol. The molecular formula is C8H11F3N2O2. The Hall–Kier alpha value is -1.24. The average Bonchev–Trinajstić information content (AvgIpc) is 2.45. The molecule has 0 saturated heterocycles. The molecule has 0 aromatic rings. The van der Waals surface area contributed by atoms with E-state index in [1.807, 2.05) is 5.43 Å². The van der Waals surface area contributed by atoms with E-state index in [1.54, 1.807) is 0 Å². The van der Waals surface area contributed by atoms with Gasteiger partial charge in [-0.25, -0.2) is 19.0 Å². The van der Waals surface area contributed by atoms with Crippen LogP contribution < -0.4 is 5.43 Å². The Morgan fingerprint density at radius 1 is 1.73 bits per heavy atom. The van der Waals surface area contributed by atoms with Gasteiger partial charge in [0.2, 0.25) is 11.5 Å². The molecule has 1 rings (SSSR count). The standard InChI is InChI=1S/C8H11F3N2O2/c1-3-15-7(14)8(6(10)11)4-5(9)13(2)12-8/h4,6,12H,3H2,1-2H3. The van der Waals surface area contributed by atoms with Crippen LogP contribution in [0.4, 0.5) is 13.2 Å². The molecule has 1 unspecified atom stereocenters. The van der Waals surface area contributed by atoms with Crippen LogP contribution in [0.3, 0.4) is 0 Å². The quantitative estimate of drug-likeness (QED) is 0.569. The lowest BCUT2D eigenvalue weighted by Crippen LogP contribution is -2.57. The summed E-state index contributed by atoms with van der Waals surface area (Å²) in [7, 11) is 1.19. The number of hydrogen-bond acceptors (Lipinski definition) is 4. The van der Waals surface area contributed by atoms with Crippen LogP contribution >= 0.6 is 0 Å². The second-order valence-electron chi connectivity index (χ2n) is 3.03. The van der Waals surface area contributed by atoms with Crippen LogP contribution in [-0.2, 0) is 9.53 Å². The Labute approximate surface area is 84.6 Å². The van der Waals surface area contributed by atoms with E-state index in [9.17, 15) is 18.0 Å². The van der Waals surface area contributed by atoms with Crippen molar-refractivity contribution >= 4 is 5.97 Å². The van der Waals surface area contributed by atoms with Crippen molar-refractivity contribution in [1.29, 1.82) is 0 Å². The largest absolute Gasteiger partial charge is 0.464 e. The van der Waals surface area contributed by atoms with Crippen LogP contribution in [0.1, 0.15) is 6.92 Å². The number of carbonyl (C=O) groups excluding carboxylic acids is 1. The maximum atomic E-state index is 13.0. The van der Waals surface area contributed by atoms with Crippen LogP contribution in [0.15, 0.2) is 12.0 Å². The minimum Gasteiger partial charge on any atom is -0.464 e. The van der Waals surface area contributed by atoms with Crippen molar-refractivity contribution in [3.8, 4) is 0 Å². The van der Waals surface area contributed by atoms with E-state index in [1.165, 1.54) is 14.0 Å². The molecule has 0 spiro atoms. The van der Waals surface area contributed by atoms with E-state index < -0.39 is 23.9 Å². The summed E-state index contributed by atoms with van der Waals surface area (Å²) < 4.78 is 42.9. The van der Waals surface area contributed by atoms with Gasteiger partial charge in [-0.2, -0.15) is 4.39 Å². The molecule has 1 atom stereocenters. The molecule has 0 amide bonds. The van der Waals surface area contributed by atoms with Crippen LogP contribution in [-0.4, -0.2) is 36.6 Å². The molecule has 1 N–H and O–H groups in total. The predicted octanol–water partition coefficient (Wildman–Crippen LogP) is 0.814. The van der Waals surface area contributed by atoms with E-state index >= 15 is 0 Å². The van der Waals surface area contributed by atoms with Crippen molar-refractivity contribution < 1.29 is 22.7 Å². The van der Waals surface area contributed by atoms with Crippen LogP contribution in [0.5, 0.6) is 0 Å². The lowest BCUT2D eigenvalue weighted by molar-refractivity contribution is -0.156. The van der Waals surface area contributed by atoms with Crippen LogP contribution in [0.2, 0.25) is 0 Å². The Kier molecular flexibility index (Phi) is 3.23. The Bertz CT molecular complexity index is 296. The van der Waals surface area contributed by atoms with Crippen molar-refractivity contribution in [3.05, 3.63) is 12.0 Å². The Morgan fingerprint density at radius 3 is 2.67 bits per heavy atom. The van der Waals surface area contributed by atoms with Crippen molar-refractivity contribution in [2.24, 2.45) is 0 Å². The minimum atomic E-state index is -3.09. The number of alkyl halides is 2. The van der Waals surface area contributed by atoms with E-state index in [2.05, 4.69) is 4.74 Å². The van der Waals surface area contributed by atoms with Gasteiger partial charge in [0.05, 0.1) is 6.61 Å². The number of nitrogens with one attached hydrogen (secondary N) is 1. The van der Waals surface area contributed by atoms with Crippen molar-refractivity contribution in [2.45, 2.75) is 18.9 Å². The van der Waals surface area contributed by atoms with Gasteiger partial charge in [0, 0.05) is 13.1 Å². The lowest BCUT2D eigenvalue weighted by atomic mass is 10.0. The predicted molar refractivity (Wildman–Crippen MR) is 45.5 cm³/mol. The van der Waals surface area contributed by atoms with Gasteiger partial charge in [-0.15, -0.1) is 0 Å². The smallest absolute Gasteiger partial charge is 0.338 e. The zero-order valence-electron chi connectivity index (χ0n) is 8.26. The van der Waals surface area contributed by atoms with Gasteiger partial charge < -0.3 is 4.74 Å². The fourth-order valence-corrected chi connectivity index (χ4v) is 1.20. The molecule has 0 fully saturated rings. The highest BCUT2D eigenvalue weighted by molar-refractivity contribution is 5.84. The van der Waals surface area contributed by atoms with Gasteiger partial charge in [-0.05, 0) is 6.92 Å². The van der Waals surface area contributed by atoms with Gasteiger partial charge in [0.15, 0.2) is 0 Å². The molecule has 0 saturated carbocycles. The number of carbonyl (C=O) groups is 1. The maximum Gasteiger partial charge on any atom is 0.338 e. The molecule has 0 aliphatic carbocycles. The van der Waals surface area contributed by atoms with Gasteiger partial charge in [-0.1, -0.05) is 0 Å². The second-order valence-corrected chi connectivity index (χ2v) is 3.03. The topological polar surface area (TPSA) is 41.6 Å². The molecule has 1 heterocycles. The van der Waals surface area contributed by atoms with Crippen LogP contribution in [0.25, 0.3) is 0 Å². The van der Waals surface area contributed by atoms with Crippen LogP contribution in [0, 0.1) is 0 Å². The highest BCUT2D eigenvalue weighted by Gasteiger charge is 2.52. The Balaban J connectivity index is 2.97. The monoisotopic (exact) mass is 224 g/mol. The zero-order chi connectivity index (χ0) is 11.6. The normalized spacial score (nSPS) is 25.7. The maximum absolute atomic E-state index is 13.0.